The van der Waals surface area contributed by atoms with E-state index in [9.17, 15) is 9.18 Å². The first-order valence-corrected chi connectivity index (χ1v) is 7.97. The Morgan fingerprint density at radius 1 is 1.26 bits per heavy atom. The Bertz CT molecular complexity index is 926. The molecule has 1 heterocycles. The molecule has 0 aliphatic heterocycles. The standard InChI is InChI=1S/C17H15FN2O2S/c1-3-22-12-9-7-11(8-10-12)16(21)19-17-20(2)15-13(18)5-4-6-14(15)23-17/h4-10H,3H2,1-2H3. The second-order valence-electron chi connectivity index (χ2n) is 4.90. The Kier molecular flexibility index (Phi) is 4.25. The Hall–Kier alpha value is -2.47. The normalized spacial score (nSPS) is 11.9. The highest BCUT2D eigenvalue weighted by Crippen LogP contribution is 2.19. The molecule has 3 aromatic rings. The number of hydrogen-bond acceptors (Lipinski definition) is 3. The van der Waals surface area contributed by atoms with E-state index in [0.29, 0.717) is 28.2 Å². The average molecular weight is 330 g/mol. The highest BCUT2D eigenvalue weighted by Gasteiger charge is 2.10. The molecule has 0 N–H and O–H groups in total. The van der Waals surface area contributed by atoms with Crippen LogP contribution >= 0.6 is 11.3 Å². The number of ether oxygens (including phenoxy) is 1. The molecule has 0 aliphatic carbocycles. The molecule has 0 aliphatic rings. The third kappa shape index (κ3) is 3.03. The molecular weight excluding hydrogens is 315 g/mol. The molecule has 1 amide bonds. The summed E-state index contributed by atoms with van der Waals surface area (Å²) in [5.74, 6) is 0.0189. The molecule has 0 saturated heterocycles. The van der Waals surface area contributed by atoms with Gasteiger partial charge in [0.25, 0.3) is 5.91 Å². The third-order valence-corrected chi connectivity index (χ3v) is 4.48. The van der Waals surface area contributed by atoms with Crippen LogP contribution in [0.2, 0.25) is 0 Å². The van der Waals surface area contributed by atoms with E-state index in [0.717, 1.165) is 4.70 Å². The first kappa shape index (κ1) is 15.4. The number of thiazole rings is 1. The summed E-state index contributed by atoms with van der Waals surface area (Å²) in [7, 11) is 1.70. The van der Waals surface area contributed by atoms with E-state index in [4.69, 9.17) is 4.74 Å². The fraction of sp³-hybridized carbons (Fsp3) is 0.176. The molecule has 0 fully saturated rings. The molecule has 0 atom stereocenters. The Morgan fingerprint density at radius 2 is 2.00 bits per heavy atom. The zero-order valence-corrected chi connectivity index (χ0v) is 13.6. The number of aryl methyl sites for hydroxylation is 1. The van der Waals surface area contributed by atoms with Gasteiger partial charge in [0.05, 0.1) is 16.8 Å². The fourth-order valence-electron chi connectivity index (χ4n) is 2.28. The summed E-state index contributed by atoms with van der Waals surface area (Å²) in [5.41, 5.74) is 0.919. The molecule has 23 heavy (non-hydrogen) atoms. The van der Waals surface area contributed by atoms with Crippen molar-refractivity contribution in [2.75, 3.05) is 6.61 Å². The van der Waals surface area contributed by atoms with Crippen molar-refractivity contribution >= 4 is 27.5 Å². The highest BCUT2D eigenvalue weighted by molar-refractivity contribution is 7.16. The number of carbonyl (C=O) groups excluding carboxylic acids is 1. The van der Waals surface area contributed by atoms with E-state index in [1.807, 2.05) is 13.0 Å². The molecule has 0 unspecified atom stereocenters. The van der Waals surface area contributed by atoms with Crippen LogP contribution in [-0.4, -0.2) is 17.1 Å². The summed E-state index contributed by atoms with van der Waals surface area (Å²) in [4.78, 5) is 16.9. The van der Waals surface area contributed by atoms with Gasteiger partial charge < -0.3 is 9.30 Å². The molecule has 2 aromatic carbocycles. The van der Waals surface area contributed by atoms with Gasteiger partial charge in [-0.1, -0.05) is 17.4 Å². The second kappa shape index (κ2) is 6.34. The van der Waals surface area contributed by atoms with Crippen molar-refractivity contribution in [2.24, 2.45) is 12.0 Å². The first-order chi connectivity index (χ1) is 11.1. The molecule has 0 saturated carbocycles. The molecule has 6 heteroatoms. The lowest BCUT2D eigenvalue weighted by Crippen LogP contribution is -2.13. The summed E-state index contributed by atoms with van der Waals surface area (Å²) < 4.78 is 21.6. The van der Waals surface area contributed by atoms with Gasteiger partial charge in [-0.3, -0.25) is 4.79 Å². The van der Waals surface area contributed by atoms with Crippen LogP contribution in [0.5, 0.6) is 5.75 Å². The topological polar surface area (TPSA) is 43.6 Å². The fourth-order valence-corrected chi connectivity index (χ4v) is 3.31. The highest BCUT2D eigenvalue weighted by atomic mass is 32.1. The quantitative estimate of drug-likeness (QED) is 0.737. The van der Waals surface area contributed by atoms with E-state index in [-0.39, 0.29) is 11.7 Å². The maximum Gasteiger partial charge on any atom is 0.279 e. The number of amides is 1. The van der Waals surface area contributed by atoms with Crippen LogP contribution in [-0.2, 0) is 7.05 Å². The van der Waals surface area contributed by atoms with Crippen molar-refractivity contribution in [1.29, 1.82) is 0 Å². The van der Waals surface area contributed by atoms with E-state index in [1.54, 1.807) is 41.9 Å². The van der Waals surface area contributed by atoms with Crippen LogP contribution in [0.1, 0.15) is 17.3 Å². The monoisotopic (exact) mass is 330 g/mol. The van der Waals surface area contributed by atoms with Crippen molar-refractivity contribution in [3.8, 4) is 5.75 Å². The predicted molar refractivity (Wildman–Crippen MR) is 88.3 cm³/mol. The predicted octanol–water partition coefficient (Wildman–Crippen LogP) is 3.52. The van der Waals surface area contributed by atoms with E-state index in [2.05, 4.69) is 4.99 Å². The largest absolute Gasteiger partial charge is 0.494 e. The van der Waals surface area contributed by atoms with Crippen molar-refractivity contribution in [1.82, 2.24) is 4.57 Å². The van der Waals surface area contributed by atoms with Gasteiger partial charge in [0.15, 0.2) is 4.80 Å². The minimum absolute atomic E-state index is 0.323. The van der Waals surface area contributed by atoms with E-state index in [1.165, 1.54) is 17.4 Å². The van der Waals surface area contributed by atoms with Crippen molar-refractivity contribution in [3.63, 3.8) is 0 Å². The molecule has 3 rings (SSSR count). The van der Waals surface area contributed by atoms with Crippen LogP contribution in [0.3, 0.4) is 0 Å². The lowest BCUT2D eigenvalue weighted by Gasteiger charge is -2.02. The van der Waals surface area contributed by atoms with Crippen molar-refractivity contribution < 1.29 is 13.9 Å². The zero-order valence-electron chi connectivity index (χ0n) is 12.7. The maximum atomic E-state index is 13.9. The lowest BCUT2D eigenvalue weighted by molar-refractivity contribution is 0.0998. The number of halogens is 1. The maximum absolute atomic E-state index is 13.9. The van der Waals surface area contributed by atoms with Gasteiger partial charge in [0.2, 0.25) is 0 Å². The Balaban J connectivity index is 1.99. The number of carbonyl (C=O) groups is 1. The second-order valence-corrected chi connectivity index (χ2v) is 5.91. The summed E-state index contributed by atoms with van der Waals surface area (Å²) in [6.45, 7) is 2.47. The number of aromatic nitrogens is 1. The summed E-state index contributed by atoms with van der Waals surface area (Å²) >= 11 is 1.28. The number of para-hydroxylation sites is 1. The van der Waals surface area contributed by atoms with Gasteiger partial charge in [-0.2, -0.15) is 4.99 Å². The number of hydrogen-bond donors (Lipinski definition) is 0. The van der Waals surface area contributed by atoms with Crippen LogP contribution < -0.4 is 9.54 Å². The lowest BCUT2D eigenvalue weighted by atomic mass is 10.2. The van der Waals surface area contributed by atoms with Gasteiger partial charge >= 0.3 is 0 Å². The molecular formula is C17H15FN2O2S. The Labute approximate surface area is 136 Å². The summed E-state index contributed by atoms with van der Waals surface area (Å²) in [6, 6.07) is 11.7. The minimum atomic E-state index is -0.365. The number of rotatable bonds is 3. The van der Waals surface area contributed by atoms with Crippen molar-refractivity contribution in [2.45, 2.75) is 6.92 Å². The van der Waals surface area contributed by atoms with Crippen LogP contribution in [0, 0.1) is 5.82 Å². The molecule has 0 bridgehead atoms. The van der Waals surface area contributed by atoms with Crippen LogP contribution in [0.15, 0.2) is 47.5 Å². The van der Waals surface area contributed by atoms with Gasteiger partial charge in [-0.15, -0.1) is 0 Å². The molecule has 118 valence electrons. The SMILES string of the molecule is CCOc1ccc(C(=O)N=c2sc3cccc(F)c3n2C)cc1. The summed E-state index contributed by atoms with van der Waals surface area (Å²) in [6.07, 6.45) is 0. The van der Waals surface area contributed by atoms with Gasteiger partial charge in [0.1, 0.15) is 11.6 Å². The number of nitrogens with zero attached hydrogens (tertiary/aromatic N) is 2. The number of fused-ring (bicyclic) bond motifs is 1. The summed E-state index contributed by atoms with van der Waals surface area (Å²) in [5, 5.41) is 0. The average Bonchev–Trinajstić information content (AvgIpc) is 2.86. The van der Waals surface area contributed by atoms with Gasteiger partial charge in [-0.05, 0) is 43.3 Å². The van der Waals surface area contributed by atoms with Crippen molar-refractivity contribution in [3.05, 3.63) is 58.6 Å². The smallest absolute Gasteiger partial charge is 0.279 e. The number of benzene rings is 2. The van der Waals surface area contributed by atoms with Crippen LogP contribution in [0.25, 0.3) is 10.2 Å². The molecule has 4 nitrogen and oxygen atoms in total. The molecule has 0 radical (unpaired) electrons. The van der Waals surface area contributed by atoms with Gasteiger partial charge in [-0.25, -0.2) is 4.39 Å². The molecule has 0 spiro atoms. The zero-order chi connectivity index (χ0) is 16.4. The third-order valence-electron chi connectivity index (χ3n) is 3.38. The Morgan fingerprint density at radius 3 is 2.65 bits per heavy atom. The van der Waals surface area contributed by atoms with E-state index < -0.39 is 0 Å². The molecule has 1 aromatic heterocycles. The van der Waals surface area contributed by atoms with E-state index >= 15 is 0 Å². The van der Waals surface area contributed by atoms with Gasteiger partial charge in [0, 0.05) is 12.6 Å². The first-order valence-electron chi connectivity index (χ1n) is 7.16. The minimum Gasteiger partial charge on any atom is -0.494 e. The van der Waals surface area contributed by atoms with Crippen LogP contribution in [0.4, 0.5) is 4.39 Å².